The number of para-hydroxylation sites is 1. The van der Waals surface area contributed by atoms with Crippen LogP contribution < -0.4 is 10.7 Å². The zero-order valence-electron chi connectivity index (χ0n) is 10.9. The van der Waals surface area contributed by atoms with Crippen molar-refractivity contribution in [3.8, 4) is 0 Å². The van der Waals surface area contributed by atoms with Crippen LogP contribution in [0.15, 0.2) is 53.6 Å². The Morgan fingerprint density at radius 2 is 1.74 bits per heavy atom. The van der Waals surface area contributed by atoms with Crippen molar-refractivity contribution in [3.05, 3.63) is 59.9 Å². The molecule has 3 nitrogen and oxygen atoms in total. The third kappa shape index (κ3) is 3.31. The topological polar surface area (TPSA) is 36.4 Å². The minimum absolute atomic E-state index is 0.258. The Labute approximate surface area is 112 Å². The van der Waals surface area contributed by atoms with Crippen molar-refractivity contribution in [2.24, 2.45) is 5.10 Å². The van der Waals surface area contributed by atoms with Crippen LogP contribution in [0.3, 0.4) is 0 Å². The largest absolute Gasteiger partial charge is 0.388 e. The first-order valence-electron chi connectivity index (χ1n) is 6.03. The Kier molecular flexibility index (Phi) is 4.13. The molecule has 0 aromatic heterocycles. The molecule has 0 radical (unpaired) electrons. The van der Waals surface area contributed by atoms with Crippen LogP contribution in [-0.2, 0) is 0 Å². The second-order valence-corrected chi connectivity index (χ2v) is 4.11. The average molecular weight is 257 g/mol. The number of hydrogen-bond donors (Lipinski definition) is 2. The van der Waals surface area contributed by atoms with Gasteiger partial charge >= 0.3 is 0 Å². The van der Waals surface area contributed by atoms with Crippen LogP contribution in [-0.4, -0.2) is 12.8 Å². The molecule has 2 aromatic rings. The normalized spacial score (nSPS) is 11.2. The van der Waals surface area contributed by atoms with Gasteiger partial charge in [0.25, 0.3) is 0 Å². The van der Waals surface area contributed by atoms with Crippen LogP contribution in [0.2, 0.25) is 0 Å². The van der Waals surface area contributed by atoms with E-state index in [4.69, 9.17) is 0 Å². The predicted molar refractivity (Wildman–Crippen MR) is 78.2 cm³/mol. The van der Waals surface area contributed by atoms with E-state index < -0.39 is 0 Å². The minimum Gasteiger partial charge on any atom is -0.388 e. The van der Waals surface area contributed by atoms with E-state index in [1.54, 1.807) is 12.1 Å². The fourth-order valence-electron chi connectivity index (χ4n) is 1.75. The molecule has 0 heterocycles. The smallest absolute Gasteiger partial charge is 0.123 e. The van der Waals surface area contributed by atoms with Crippen LogP contribution in [0.1, 0.15) is 12.5 Å². The summed E-state index contributed by atoms with van der Waals surface area (Å²) < 4.78 is 12.8. The average Bonchev–Trinajstić information content (AvgIpc) is 2.46. The van der Waals surface area contributed by atoms with Crippen molar-refractivity contribution in [1.29, 1.82) is 0 Å². The Bertz CT molecular complexity index is 576. The van der Waals surface area contributed by atoms with Crippen LogP contribution >= 0.6 is 0 Å². The molecular formula is C15H16FN3. The van der Waals surface area contributed by atoms with Gasteiger partial charge in [-0.05, 0) is 37.3 Å². The standard InChI is InChI=1S/C15H16FN3/c1-11(14-5-3-4-6-15(14)17-2)18-19-13-9-7-12(16)8-10-13/h3-10,17,19H,1-2H3/b18-11-. The number of halogens is 1. The molecule has 0 aliphatic rings. The molecule has 19 heavy (non-hydrogen) atoms. The second-order valence-electron chi connectivity index (χ2n) is 4.11. The van der Waals surface area contributed by atoms with Crippen LogP contribution in [0, 0.1) is 5.82 Å². The van der Waals surface area contributed by atoms with E-state index in [2.05, 4.69) is 15.8 Å². The van der Waals surface area contributed by atoms with Gasteiger partial charge in [0.1, 0.15) is 5.82 Å². The van der Waals surface area contributed by atoms with E-state index in [0.717, 1.165) is 22.6 Å². The van der Waals surface area contributed by atoms with Gasteiger partial charge in [0.15, 0.2) is 0 Å². The first kappa shape index (κ1) is 13.1. The molecule has 0 fully saturated rings. The Balaban J connectivity index is 2.16. The summed E-state index contributed by atoms with van der Waals surface area (Å²) in [6.45, 7) is 1.92. The number of rotatable bonds is 4. The monoisotopic (exact) mass is 257 g/mol. The maximum atomic E-state index is 12.8. The van der Waals surface area contributed by atoms with Crippen LogP contribution in [0.25, 0.3) is 0 Å². The molecule has 2 N–H and O–H groups in total. The van der Waals surface area contributed by atoms with E-state index in [0.29, 0.717) is 0 Å². The van der Waals surface area contributed by atoms with Crippen molar-refractivity contribution in [2.75, 3.05) is 17.8 Å². The summed E-state index contributed by atoms with van der Waals surface area (Å²) in [5.41, 5.74) is 6.57. The molecule has 2 rings (SSSR count). The molecule has 0 atom stereocenters. The van der Waals surface area contributed by atoms with Gasteiger partial charge in [-0.1, -0.05) is 18.2 Å². The van der Waals surface area contributed by atoms with Gasteiger partial charge < -0.3 is 5.32 Å². The minimum atomic E-state index is -0.258. The van der Waals surface area contributed by atoms with E-state index >= 15 is 0 Å². The molecule has 0 aliphatic carbocycles. The maximum Gasteiger partial charge on any atom is 0.123 e. The Hall–Kier alpha value is -2.36. The number of anilines is 2. The summed E-state index contributed by atoms with van der Waals surface area (Å²) in [4.78, 5) is 0. The molecule has 98 valence electrons. The lowest BCUT2D eigenvalue weighted by Gasteiger charge is -2.08. The third-order valence-corrected chi connectivity index (χ3v) is 2.78. The van der Waals surface area contributed by atoms with Crippen molar-refractivity contribution in [1.82, 2.24) is 0 Å². The van der Waals surface area contributed by atoms with Crippen LogP contribution in [0.5, 0.6) is 0 Å². The summed E-state index contributed by atoms with van der Waals surface area (Å²) in [5.74, 6) is -0.258. The fraction of sp³-hybridized carbons (Fsp3) is 0.133. The van der Waals surface area contributed by atoms with Crippen molar-refractivity contribution in [3.63, 3.8) is 0 Å². The highest BCUT2D eigenvalue weighted by Gasteiger charge is 2.02. The lowest BCUT2D eigenvalue weighted by Crippen LogP contribution is -2.03. The number of hydrazone groups is 1. The molecule has 0 aliphatic heterocycles. The summed E-state index contributed by atoms with van der Waals surface area (Å²) in [6.07, 6.45) is 0. The Morgan fingerprint density at radius 1 is 1.05 bits per heavy atom. The van der Waals surface area contributed by atoms with Gasteiger partial charge in [-0.15, -0.1) is 0 Å². The summed E-state index contributed by atoms with van der Waals surface area (Å²) >= 11 is 0. The molecule has 0 saturated carbocycles. The first-order valence-corrected chi connectivity index (χ1v) is 6.03. The fourth-order valence-corrected chi connectivity index (χ4v) is 1.75. The number of hydrogen-bond acceptors (Lipinski definition) is 3. The van der Waals surface area contributed by atoms with Gasteiger partial charge in [0.05, 0.1) is 11.4 Å². The SMILES string of the molecule is CNc1ccccc1/C(C)=N\Nc1ccc(F)cc1. The summed E-state index contributed by atoms with van der Waals surface area (Å²) in [7, 11) is 1.87. The molecule has 4 heteroatoms. The summed E-state index contributed by atoms with van der Waals surface area (Å²) in [5, 5.41) is 7.43. The van der Waals surface area contributed by atoms with E-state index in [1.165, 1.54) is 12.1 Å². The third-order valence-electron chi connectivity index (χ3n) is 2.78. The van der Waals surface area contributed by atoms with E-state index in [9.17, 15) is 4.39 Å². The van der Waals surface area contributed by atoms with Gasteiger partial charge in [0.2, 0.25) is 0 Å². The molecular weight excluding hydrogens is 241 g/mol. The van der Waals surface area contributed by atoms with Crippen LogP contribution in [0.4, 0.5) is 15.8 Å². The molecule has 0 bridgehead atoms. The number of nitrogens with one attached hydrogen (secondary N) is 2. The van der Waals surface area contributed by atoms with Crippen molar-refractivity contribution >= 4 is 17.1 Å². The maximum absolute atomic E-state index is 12.8. The first-order chi connectivity index (χ1) is 9.20. The predicted octanol–water partition coefficient (Wildman–Crippen LogP) is 3.70. The van der Waals surface area contributed by atoms with Crippen molar-refractivity contribution < 1.29 is 4.39 Å². The second kappa shape index (κ2) is 6.00. The number of nitrogens with zero attached hydrogens (tertiary/aromatic N) is 1. The van der Waals surface area contributed by atoms with Crippen molar-refractivity contribution in [2.45, 2.75) is 6.92 Å². The van der Waals surface area contributed by atoms with E-state index in [1.807, 2.05) is 38.2 Å². The van der Waals surface area contributed by atoms with Gasteiger partial charge in [-0.3, -0.25) is 5.43 Å². The van der Waals surface area contributed by atoms with Gasteiger partial charge in [0, 0.05) is 18.3 Å². The Morgan fingerprint density at radius 3 is 2.42 bits per heavy atom. The molecule has 0 saturated heterocycles. The molecule has 0 amide bonds. The molecule has 0 spiro atoms. The molecule has 2 aromatic carbocycles. The lowest BCUT2D eigenvalue weighted by atomic mass is 10.1. The highest BCUT2D eigenvalue weighted by molar-refractivity contribution is 6.03. The quantitative estimate of drug-likeness (QED) is 0.647. The van der Waals surface area contributed by atoms with E-state index in [-0.39, 0.29) is 5.82 Å². The van der Waals surface area contributed by atoms with Gasteiger partial charge in [-0.25, -0.2) is 4.39 Å². The highest BCUT2D eigenvalue weighted by atomic mass is 19.1. The van der Waals surface area contributed by atoms with Gasteiger partial charge in [-0.2, -0.15) is 5.10 Å². The lowest BCUT2D eigenvalue weighted by molar-refractivity contribution is 0.628. The highest BCUT2D eigenvalue weighted by Crippen LogP contribution is 2.16. The zero-order valence-corrected chi connectivity index (χ0v) is 10.9. The zero-order chi connectivity index (χ0) is 13.7. The summed E-state index contributed by atoms with van der Waals surface area (Å²) in [6, 6.07) is 14.0. The molecule has 0 unspecified atom stereocenters. The number of benzene rings is 2.